The molecule has 1 aromatic rings. The van der Waals surface area contributed by atoms with Gasteiger partial charge in [-0.15, -0.1) is 12.4 Å². The van der Waals surface area contributed by atoms with Gasteiger partial charge in [0.1, 0.15) is 4.60 Å². The third kappa shape index (κ3) is 4.77. The summed E-state index contributed by atoms with van der Waals surface area (Å²) in [4.78, 5) is 27.2. The van der Waals surface area contributed by atoms with Gasteiger partial charge in [0.2, 0.25) is 5.91 Å². The fourth-order valence-electron chi connectivity index (χ4n) is 1.72. The molecule has 3 amide bonds. The molecule has 0 saturated carbocycles. The van der Waals surface area contributed by atoms with Crippen LogP contribution in [0.3, 0.4) is 0 Å². The van der Waals surface area contributed by atoms with E-state index in [0.29, 0.717) is 10.3 Å². The van der Waals surface area contributed by atoms with Crippen LogP contribution in [0.2, 0.25) is 0 Å². The molecule has 1 saturated heterocycles. The minimum Gasteiger partial charge on any atom is -0.306 e. The predicted octanol–water partition coefficient (Wildman–Crippen LogP) is 1.67. The molecule has 6 nitrogen and oxygen atoms in total. The zero-order chi connectivity index (χ0) is 13.0. The number of aromatic nitrogens is 1. The highest BCUT2D eigenvalue weighted by Crippen LogP contribution is 2.10. The van der Waals surface area contributed by atoms with Gasteiger partial charge < -0.3 is 10.6 Å². The van der Waals surface area contributed by atoms with E-state index in [2.05, 4.69) is 36.9 Å². The van der Waals surface area contributed by atoms with Crippen molar-refractivity contribution in [1.82, 2.24) is 15.6 Å². The molecular weight excluding hydrogens is 336 g/mol. The summed E-state index contributed by atoms with van der Waals surface area (Å²) in [6.07, 6.45) is 3.22. The van der Waals surface area contributed by atoms with Crippen molar-refractivity contribution in [3.63, 3.8) is 0 Å². The van der Waals surface area contributed by atoms with Crippen molar-refractivity contribution < 1.29 is 9.59 Å². The van der Waals surface area contributed by atoms with Crippen LogP contribution in [0.4, 0.5) is 10.5 Å². The fraction of sp³-hybridized carbons (Fsp3) is 0.364. The number of hydrogen-bond donors (Lipinski definition) is 3. The van der Waals surface area contributed by atoms with Crippen LogP contribution >= 0.6 is 28.3 Å². The lowest BCUT2D eigenvalue weighted by molar-refractivity contribution is -0.121. The van der Waals surface area contributed by atoms with Crippen molar-refractivity contribution in [2.45, 2.75) is 18.9 Å². The van der Waals surface area contributed by atoms with E-state index >= 15 is 0 Å². The normalized spacial score (nSPS) is 17.4. The van der Waals surface area contributed by atoms with Crippen LogP contribution in [-0.4, -0.2) is 29.5 Å². The number of urea groups is 1. The average molecular weight is 350 g/mol. The first-order valence-corrected chi connectivity index (χ1v) is 6.41. The predicted molar refractivity (Wildman–Crippen MR) is 77.4 cm³/mol. The van der Waals surface area contributed by atoms with E-state index < -0.39 is 6.03 Å². The second-order valence-electron chi connectivity index (χ2n) is 3.96. The smallest absolute Gasteiger partial charge is 0.306 e. The Bertz CT molecular complexity index is 449. The first kappa shape index (κ1) is 15.9. The lowest BCUT2D eigenvalue weighted by Gasteiger charge is -2.10. The second-order valence-corrected chi connectivity index (χ2v) is 4.77. The Hall–Kier alpha value is -1.18. The van der Waals surface area contributed by atoms with Crippen molar-refractivity contribution in [1.29, 1.82) is 0 Å². The zero-order valence-electron chi connectivity index (χ0n) is 9.98. The number of carbonyl (C=O) groups excluding carboxylic acids is 2. The Morgan fingerprint density at radius 2 is 2.21 bits per heavy atom. The Kier molecular flexibility index (Phi) is 6.20. The molecule has 0 aromatic carbocycles. The Balaban J connectivity index is 0.00000180. The van der Waals surface area contributed by atoms with E-state index in [1.807, 2.05) is 0 Å². The molecule has 0 unspecified atom stereocenters. The van der Waals surface area contributed by atoms with Gasteiger partial charge in [-0.05, 0) is 47.4 Å². The van der Waals surface area contributed by atoms with Crippen LogP contribution in [0.15, 0.2) is 22.9 Å². The van der Waals surface area contributed by atoms with Crippen molar-refractivity contribution in [2.24, 2.45) is 0 Å². The van der Waals surface area contributed by atoms with Crippen molar-refractivity contribution in [3.8, 4) is 0 Å². The highest BCUT2D eigenvalue weighted by atomic mass is 79.9. The van der Waals surface area contributed by atoms with Crippen molar-refractivity contribution >= 4 is 46.0 Å². The van der Waals surface area contributed by atoms with Gasteiger partial charge in [0.25, 0.3) is 0 Å². The van der Waals surface area contributed by atoms with Gasteiger partial charge >= 0.3 is 6.03 Å². The molecule has 0 bridgehead atoms. The third-order valence-electron chi connectivity index (χ3n) is 2.60. The van der Waals surface area contributed by atoms with Gasteiger partial charge in [0.05, 0.1) is 17.9 Å². The number of pyridine rings is 1. The van der Waals surface area contributed by atoms with Gasteiger partial charge in [-0.25, -0.2) is 9.78 Å². The summed E-state index contributed by atoms with van der Waals surface area (Å²) in [7, 11) is 0. The summed E-state index contributed by atoms with van der Waals surface area (Å²) in [6, 6.07) is 2.59. The summed E-state index contributed by atoms with van der Waals surface area (Å²) < 4.78 is 0.680. The molecule has 1 aliphatic heterocycles. The summed E-state index contributed by atoms with van der Waals surface area (Å²) in [5.41, 5.74) is 0.530. The van der Waals surface area contributed by atoms with Gasteiger partial charge in [0.15, 0.2) is 0 Å². The van der Waals surface area contributed by atoms with Crippen LogP contribution in [0.5, 0.6) is 0 Å². The van der Waals surface area contributed by atoms with Gasteiger partial charge in [-0.2, -0.15) is 0 Å². The third-order valence-corrected chi connectivity index (χ3v) is 3.07. The maximum absolute atomic E-state index is 11.6. The van der Waals surface area contributed by atoms with E-state index in [4.69, 9.17) is 0 Å². The number of anilines is 1. The molecule has 1 aliphatic rings. The molecule has 104 valence electrons. The molecule has 8 heteroatoms. The van der Waals surface area contributed by atoms with Crippen LogP contribution in [0, 0.1) is 0 Å². The zero-order valence-corrected chi connectivity index (χ0v) is 12.4. The fourth-order valence-corrected chi connectivity index (χ4v) is 1.95. The van der Waals surface area contributed by atoms with Crippen LogP contribution in [-0.2, 0) is 4.79 Å². The molecule has 1 fully saturated rings. The van der Waals surface area contributed by atoms with Gasteiger partial charge in [-0.3, -0.25) is 10.1 Å². The number of hydrogen-bond acceptors (Lipinski definition) is 4. The molecule has 0 spiro atoms. The molecule has 3 N–H and O–H groups in total. The van der Waals surface area contributed by atoms with Crippen molar-refractivity contribution in [3.05, 3.63) is 22.9 Å². The average Bonchev–Trinajstić information content (AvgIpc) is 2.85. The topological polar surface area (TPSA) is 83.1 Å². The lowest BCUT2D eigenvalue weighted by atomic mass is 10.2. The SMILES string of the molecule is Cl.O=C(NC(=O)[C@@H]1CCCN1)Nc1ccc(Br)nc1. The molecule has 1 atom stereocenters. The molecule has 19 heavy (non-hydrogen) atoms. The maximum atomic E-state index is 11.6. The molecular formula is C11H14BrClN4O2. The summed E-state index contributed by atoms with van der Waals surface area (Å²) in [5, 5.41) is 7.86. The molecule has 2 rings (SSSR count). The largest absolute Gasteiger partial charge is 0.325 e. The monoisotopic (exact) mass is 348 g/mol. The Labute approximate surface area is 125 Å². The Morgan fingerprint density at radius 3 is 2.79 bits per heavy atom. The van der Waals surface area contributed by atoms with E-state index in [-0.39, 0.29) is 24.4 Å². The van der Waals surface area contributed by atoms with E-state index in [0.717, 1.165) is 19.4 Å². The molecule has 0 aliphatic carbocycles. The number of halogens is 2. The quantitative estimate of drug-likeness (QED) is 0.709. The Morgan fingerprint density at radius 1 is 1.42 bits per heavy atom. The van der Waals surface area contributed by atoms with E-state index in [9.17, 15) is 9.59 Å². The molecule has 0 radical (unpaired) electrons. The highest BCUT2D eigenvalue weighted by Gasteiger charge is 2.23. The molecule has 2 heterocycles. The van der Waals surface area contributed by atoms with E-state index in [1.54, 1.807) is 12.1 Å². The summed E-state index contributed by atoms with van der Waals surface area (Å²) in [6.45, 7) is 0.816. The van der Waals surface area contributed by atoms with Crippen LogP contribution in [0.1, 0.15) is 12.8 Å². The van der Waals surface area contributed by atoms with Gasteiger partial charge in [-0.1, -0.05) is 0 Å². The number of rotatable bonds is 2. The van der Waals surface area contributed by atoms with Crippen LogP contribution in [0.25, 0.3) is 0 Å². The first-order chi connectivity index (χ1) is 8.65. The molecule has 1 aromatic heterocycles. The second kappa shape index (κ2) is 7.42. The number of amides is 3. The summed E-state index contributed by atoms with van der Waals surface area (Å²) >= 11 is 3.19. The number of carbonyl (C=O) groups is 2. The first-order valence-electron chi connectivity index (χ1n) is 5.62. The number of imide groups is 1. The summed E-state index contributed by atoms with van der Waals surface area (Å²) in [5.74, 6) is -0.296. The lowest BCUT2D eigenvalue weighted by Crippen LogP contribution is -2.44. The van der Waals surface area contributed by atoms with E-state index in [1.165, 1.54) is 6.20 Å². The number of nitrogens with zero attached hydrogens (tertiary/aromatic N) is 1. The maximum Gasteiger partial charge on any atom is 0.325 e. The van der Waals surface area contributed by atoms with Crippen LogP contribution < -0.4 is 16.0 Å². The number of nitrogens with one attached hydrogen (secondary N) is 3. The highest BCUT2D eigenvalue weighted by molar-refractivity contribution is 9.10. The minimum absolute atomic E-state index is 0. The van der Waals surface area contributed by atoms with Crippen molar-refractivity contribution in [2.75, 3.05) is 11.9 Å². The standard InChI is InChI=1S/C11H13BrN4O2.ClH/c12-9-4-3-7(6-14-9)15-11(18)16-10(17)8-2-1-5-13-8;/h3-4,6,8,13H,1-2,5H2,(H2,15,16,17,18);1H/t8-;/m0./s1. The van der Waals surface area contributed by atoms with Gasteiger partial charge in [0, 0.05) is 0 Å². The minimum atomic E-state index is -0.544.